The summed E-state index contributed by atoms with van der Waals surface area (Å²) in [6.07, 6.45) is 3.34. The maximum absolute atomic E-state index is 13.3. The number of carbonyl (C=O) groups excluding carboxylic acids is 4. The van der Waals surface area contributed by atoms with Gasteiger partial charge in [-0.3, -0.25) is 34.3 Å². The Hall–Kier alpha value is -5.68. The molecule has 0 aliphatic carbocycles. The summed E-state index contributed by atoms with van der Waals surface area (Å²) in [6.45, 7) is 5.62. The Bertz CT molecular complexity index is 2040. The van der Waals surface area contributed by atoms with Crippen molar-refractivity contribution >= 4 is 29.3 Å². The SMILES string of the molecule is O=C1CCC(N2C(=O)c3ccc(N4CCN(CCCCCOc5ccc(C6c7ccc(O)cc7OCC6c6ccccc6)cc5)CC4)cc3C2=O)C(=O)N1. The molecule has 3 atom stereocenters. The van der Waals surface area contributed by atoms with Crippen molar-refractivity contribution in [1.82, 2.24) is 15.1 Å². The minimum absolute atomic E-state index is 0.0915. The third-order valence-corrected chi connectivity index (χ3v) is 11.2. The zero-order valence-corrected chi connectivity index (χ0v) is 30.1. The van der Waals surface area contributed by atoms with E-state index in [0.29, 0.717) is 24.3 Å². The predicted molar refractivity (Wildman–Crippen MR) is 202 cm³/mol. The van der Waals surface area contributed by atoms with E-state index in [1.807, 2.05) is 18.2 Å². The highest BCUT2D eigenvalue weighted by Gasteiger charge is 2.45. The number of hydrogen-bond acceptors (Lipinski definition) is 9. The summed E-state index contributed by atoms with van der Waals surface area (Å²) in [5.74, 6) is 0.0657. The number of carbonyl (C=O) groups is 4. The highest BCUT2D eigenvalue weighted by Crippen LogP contribution is 2.47. The summed E-state index contributed by atoms with van der Waals surface area (Å²) < 4.78 is 12.2. The Kier molecular flexibility index (Phi) is 10.1. The maximum Gasteiger partial charge on any atom is 0.262 e. The van der Waals surface area contributed by atoms with Crippen LogP contribution in [0.15, 0.2) is 91.0 Å². The fraction of sp³-hybridized carbons (Fsp3) is 0.349. The fourth-order valence-corrected chi connectivity index (χ4v) is 8.26. The molecule has 2 saturated heterocycles. The van der Waals surface area contributed by atoms with Crippen LogP contribution in [-0.4, -0.2) is 90.5 Å². The molecule has 11 nitrogen and oxygen atoms in total. The summed E-state index contributed by atoms with van der Waals surface area (Å²) in [4.78, 5) is 56.0. The zero-order chi connectivity index (χ0) is 37.2. The topological polar surface area (TPSA) is 129 Å². The average molecular weight is 729 g/mol. The number of piperazine rings is 1. The Morgan fingerprint density at radius 2 is 1.56 bits per heavy atom. The van der Waals surface area contributed by atoms with E-state index in [9.17, 15) is 24.3 Å². The second-order valence-corrected chi connectivity index (χ2v) is 14.5. The quantitative estimate of drug-likeness (QED) is 0.153. The van der Waals surface area contributed by atoms with E-state index >= 15 is 0 Å². The molecule has 4 amide bonds. The molecule has 0 radical (unpaired) electrons. The summed E-state index contributed by atoms with van der Waals surface area (Å²) in [6, 6.07) is 28.6. The molecule has 4 aliphatic rings. The van der Waals surface area contributed by atoms with Crippen LogP contribution < -0.4 is 19.7 Å². The van der Waals surface area contributed by atoms with Gasteiger partial charge in [0.2, 0.25) is 11.8 Å². The van der Waals surface area contributed by atoms with Gasteiger partial charge in [0.25, 0.3) is 11.8 Å². The third-order valence-electron chi connectivity index (χ3n) is 11.2. The van der Waals surface area contributed by atoms with Crippen LogP contribution >= 0.6 is 0 Å². The summed E-state index contributed by atoms with van der Waals surface area (Å²) in [7, 11) is 0. The number of amides is 4. The Balaban J connectivity index is 0.783. The number of phenolic OH excluding ortho intramolecular Hbond substituents is 1. The van der Waals surface area contributed by atoms with Crippen molar-refractivity contribution in [2.24, 2.45) is 0 Å². The maximum atomic E-state index is 13.3. The molecule has 4 aliphatic heterocycles. The van der Waals surface area contributed by atoms with Crippen molar-refractivity contribution in [3.05, 3.63) is 119 Å². The van der Waals surface area contributed by atoms with Gasteiger partial charge in [-0.05, 0) is 79.8 Å². The number of phenols is 1. The number of anilines is 1. The lowest BCUT2D eigenvalue weighted by atomic mass is 9.76. The molecule has 0 saturated carbocycles. The summed E-state index contributed by atoms with van der Waals surface area (Å²) >= 11 is 0. The van der Waals surface area contributed by atoms with E-state index in [1.165, 1.54) is 11.1 Å². The van der Waals surface area contributed by atoms with Gasteiger partial charge < -0.3 is 19.5 Å². The van der Waals surface area contributed by atoms with Gasteiger partial charge in [-0.1, -0.05) is 48.5 Å². The molecule has 54 heavy (non-hydrogen) atoms. The predicted octanol–water partition coefficient (Wildman–Crippen LogP) is 5.47. The number of aromatic hydroxyl groups is 1. The fourth-order valence-electron chi connectivity index (χ4n) is 8.26. The van der Waals surface area contributed by atoms with Crippen molar-refractivity contribution in [3.8, 4) is 17.2 Å². The lowest BCUT2D eigenvalue weighted by Crippen LogP contribution is -2.54. The van der Waals surface area contributed by atoms with E-state index in [1.54, 1.807) is 24.3 Å². The number of ether oxygens (including phenoxy) is 2. The molecule has 3 unspecified atom stereocenters. The van der Waals surface area contributed by atoms with Crippen molar-refractivity contribution in [2.45, 2.75) is 50.0 Å². The lowest BCUT2D eigenvalue weighted by molar-refractivity contribution is -0.136. The Labute approximate surface area is 314 Å². The normalized spacial score (nSPS) is 21.4. The molecule has 11 heteroatoms. The number of nitrogens with zero attached hydrogens (tertiary/aromatic N) is 3. The summed E-state index contributed by atoms with van der Waals surface area (Å²) in [5, 5.41) is 12.3. The van der Waals surface area contributed by atoms with Crippen LogP contribution in [0, 0.1) is 0 Å². The van der Waals surface area contributed by atoms with Crippen molar-refractivity contribution < 1.29 is 33.8 Å². The first-order chi connectivity index (χ1) is 26.3. The summed E-state index contributed by atoms with van der Waals surface area (Å²) in [5.41, 5.74) is 4.97. The van der Waals surface area contributed by atoms with Crippen molar-refractivity contribution in [2.75, 3.05) is 50.8 Å². The molecule has 278 valence electrons. The van der Waals surface area contributed by atoms with Crippen LogP contribution in [0.5, 0.6) is 17.2 Å². The molecule has 0 aromatic heterocycles. The van der Waals surface area contributed by atoms with Crippen LogP contribution in [0.1, 0.15) is 81.3 Å². The number of benzene rings is 4. The lowest BCUT2D eigenvalue weighted by Gasteiger charge is -2.36. The standard InChI is InChI=1S/C43H44N4O7/c48-31-12-16-34-38(26-31)54-27-36(28-7-3-1-4-8-28)40(34)29-9-13-32(14-10-29)53-24-6-2-5-19-45-20-22-46(23-21-45)30-11-15-33-35(25-30)43(52)47(42(33)51)37-17-18-39(49)44-41(37)50/h1,3-4,7-16,25-26,36-37,40,48H,2,5-6,17-24,27H2,(H,44,49,50). The molecular formula is C43H44N4O7. The number of unbranched alkanes of at least 4 members (excludes halogenated alkanes) is 2. The van der Waals surface area contributed by atoms with Crippen molar-refractivity contribution in [1.29, 1.82) is 0 Å². The van der Waals surface area contributed by atoms with E-state index in [0.717, 1.165) is 79.6 Å². The highest BCUT2D eigenvalue weighted by molar-refractivity contribution is 6.23. The molecule has 2 fully saturated rings. The molecular weight excluding hydrogens is 684 g/mol. The first kappa shape index (κ1) is 35.4. The Morgan fingerprint density at radius 1 is 0.778 bits per heavy atom. The smallest absolute Gasteiger partial charge is 0.262 e. The van der Waals surface area contributed by atoms with Gasteiger partial charge >= 0.3 is 0 Å². The number of nitrogens with one attached hydrogen (secondary N) is 1. The van der Waals surface area contributed by atoms with Gasteiger partial charge in [0, 0.05) is 61.8 Å². The van der Waals surface area contributed by atoms with Crippen LogP contribution in [0.2, 0.25) is 0 Å². The molecule has 0 bridgehead atoms. The number of fused-ring (bicyclic) bond motifs is 2. The second kappa shape index (κ2) is 15.4. The van der Waals surface area contributed by atoms with Gasteiger partial charge in [0.1, 0.15) is 23.3 Å². The molecule has 4 aromatic carbocycles. The average Bonchev–Trinajstić information content (AvgIpc) is 3.44. The minimum Gasteiger partial charge on any atom is -0.508 e. The molecule has 4 heterocycles. The van der Waals surface area contributed by atoms with Gasteiger partial charge in [0.15, 0.2) is 0 Å². The van der Waals surface area contributed by atoms with Gasteiger partial charge in [0.05, 0.1) is 24.3 Å². The van der Waals surface area contributed by atoms with E-state index in [4.69, 9.17) is 9.47 Å². The Morgan fingerprint density at radius 3 is 2.33 bits per heavy atom. The number of imide groups is 2. The minimum atomic E-state index is -0.964. The monoisotopic (exact) mass is 728 g/mol. The van der Waals surface area contributed by atoms with Crippen LogP contribution in [0.3, 0.4) is 0 Å². The molecule has 4 aromatic rings. The zero-order valence-electron chi connectivity index (χ0n) is 30.1. The van der Waals surface area contributed by atoms with Crippen LogP contribution in [0.25, 0.3) is 0 Å². The largest absolute Gasteiger partial charge is 0.508 e. The number of piperidine rings is 1. The van der Waals surface area contributed by atoms with Crippen molar-refractivity contribution in [3.63, 3.8) is 0 Å². The number of hydrogen-bond donors (Lipinski definition) is 2. The molecule has 0 spiro atoms. The highest BCUT2D eigenvalue weighted by atomic mass is 16.5. The van der Waals surface area contributed by atoms with E-state index in [2.05, 4.69) is 63.6 Å². The van der Waals surface area contributed by atoms with E-state index in [-0.39, 0.29) is 36.3 Å². The van der Waals surface area contributed by atoms with Crippen LogP contribution in [0.4, 0.5) is 5.69 Å². The van der Waals surface area contributed by atoms with Gasteiger partial charge in [-0.25, -0.2) is 0 Å². The molecule has 2 N–H and O–H groups in total. The van der Waals surface area contributed by atoms with Gasteiger partial charge in [-0.2, -0.15) is 0 Å². The third kappa shape index (κ3) is 7.15. The first-order valence-corrected chi connectivity index (χ1v) is 18.9. The van der Waals surface area contributed by atoms with Gasteiger partial charge in [-0.15, -0.1) is 0 Å². The molecule has 8 rings (SSSR count). The van der Waals surface area contributed by atoms with Crippen LogP contribution in [-0.2, 0) is 9.59 Å². The first-order valence-electron chi connectivity index (χ1n) is 18.9. The second-order valence-electron chi connectivity index (χ2n) is 14.5. The number of rotatable bonds is 11. The van der Waals surface area contributed by atoms with E-state index < -0.39 is 23.8 Å².